The molecule has 0 radical (unpaired) electrons. The normalized spacial score (nSPS) is 17.6. The number of para-hydroxylation sites is 1. The minimum Gasteiger partial charge on any atom is -0.444 e. The summed E-state index contributed by atoms with van der Waals surface area (Å²) in [4.78, 5) is 23.1. The average molecular weight is 515 g/mol. The molecular weight excluding hydrogens is 481 g/mol. The number of halogens is 1. The Balaban J connectivity index is 0.00000300. The number of carbonyl (C=O) groups excluding carboxylic acids is 1. The Labute approximate surface area is 191 Å². The first-order valence-electron chi connectivity index (χ1n) is 10.1. The minimum absolute atomic E-state index is 0. The van der Waals surface area contributed by atoms with E-state index in [9.17, 15) is 4.79 Å². The summed E-state index contributed by atoms with van der Waals surface area (Å²) in [7, 11) is 1.84. The van der Waals surface area contributed by atoms with Gasteiger partial charge in [0.15, 0.2) is 5.96 Å². The summed E-state index contributed by atoms with van der Waals surface area (Å²) in [6.45, 7) is 11.6. The van der Waals surface area contributed by atoms with Gasteiger partial charge in [0, 0.05) is 58.5 Å². The lowest BCUT2D eigenvalue weighted by Gasteiger charge is -2.35. The summed E-state index contributed by atoms with van der Waals surface area (Å²) in [6.07, 6.45) is 0.849. The van der Waals surface area contributed by atoms with E-state index < -0.39 is 5.60 Å². The number of carbonyl (C=O) groups is 1. The van der Waals surface area contributed by atoms with Gasteiger partial charge < -0.3 is 19.9 Å². The third kappa shape index (κ3) is 6.47. The van der Waals surface area contributed by atoms with E-state index >= 15 is 0 Å². The molecule has 1 aromatic rings. The predicted molar refractivity (Wildman–Crippen MR) is 129 cm³/mol. The maximum absolute atomic E-state index is 12.2. The van der Waals surface area contributed by atoms with Crippen LogP contribution in [0.2, 0.25) is 0 Å². The molecule has 1 saturated heterocycles. The second-order valence-electron chi connectivity index (χ2n) is 8.31. The molecule has 29 heavy (non-hydrogen) atoms. The van der Waals surface area contributed by atoms with Crippen LogP contribution in [0.3, 0.4) is 0 Å². The maximum atomic E-state index is 12.2. The minimum atomic E-state index is -0.442. The Kier molecular flexibility index (Phi) is 8.57. The third-order valence-electron chi connectivity index (χ3n) is 5.09. The van der Waals surface area contributed by atoms with Gasteiger partial charge in [0.25, 0.3) is 0 Å². The molecular formula is C21H34IN5O2. The Hall–Kier alpha value is -1.55. The summed E-state index contributed by atoms with van der Waals surface area (Å²) < 4.78 is 5.46. The van der Waals surface area contributed by atoms with Gasteiger partial charge in [0.2, 0.25) is 0 Å². The van der Waals surface area contributed by atoms with Gasteiger partial charge in [-0.1, -0.05) is 18.2 Å². The van der Waals surface area contributed by atoms with Crippen molar-refractivity contribution in [3.63, 3.8) is 0 Å². The lowest BCUT2D eigenvalue weighted by atomic mass is 10.2. The van der Waals surface area contributed by atoms with E-state index in [0.29, 0.717) is 13.1 Å². The SMILES string of the molecule is CN=C(NCCN1CCN(C(=O)OC(C)(C)C)CC1)N1CCc2ccccc21.I. The highest BCUT2D eigenvalue weighted by Crippen LogP contribution is 2.27. The molecule has 2 aliphatic rings. The van der Waals surface area contributed by atoms with Gasteiger partial charge in [-0.15, -0.1) is 24.0 Å². The van der Waals surface area contributed by atoms with Crippen molar-refractivity contribution in [3.8, 4) is 0 Å². The van der Waals surface area contributed by atoms with Crippen LogP contribution in [0.25, 0.3) is 0 Å². The summed E-state index contributed by atoms with van der Waals surface area (Å²) >= 11 is 0. The van der Waals surface area contributed by atoms with E-state index in [-0.39, 0.29) is 30.1 Å². The molecule has 1 aromatic carbocycles. The third-order valence-corrected chi connectivity index (χ3v) is 5.09. The highest BCUT2D eigenvalue weighted by atomic mass is 127. The van der Waals surface area contributed by atoms with Gasteiger partial charge in [-0.05, 0) is 38.8 Å². The van der Waals surface area contributed by atoms with Crippen LogP contribution in [-0.4, -0.2) is 80.3 Å². The van der Waals surface area contributed by atoms with Crippen LogP contribution >= 0.6 is 24.0 Å². The Morgan fingerprint density at radius 1 is 1.14 bits per heavy atom. The Bertz CT molecular complexity index is 711. The number of guanidine groups is 1. The van der Waals surface area contributed by atoms with Crippen LogP contribution < -0.4 is 10.2 Å². The molecule has 1 amide bonds. The van der Waals surface area contributed by atoms with Crippen molar-refractivity contribution in [3.05, 3.63) is 29.8 Å². The highest BCUT2D eigenvalue weighted by molar-refractivity contribution is 14.0. The fourth-order valence-corrected chi connectivity index (χ4v) is 3.66. The lowest BCUT2D eigenvalue weighted by Crippen LogP contribution is -2.52. The van der Waals surface area contributed by atoms with E-state index in [4.69, 9.17) is 4.74 Å². The predicted octanol–water partition coefficient (Wildman–Crippen LogP) is 2.80. The number of aliphatic imine (C=N–C) groups is 1. The van der Waals surface area contributed by atoms with Crippen LogP contribution in [0, 0.1) is 0 Å². The van der Waals surface area contributed by atoms with Crippen molar-refractivity contribution in [2.24, 2.45) is 4.99 Å². The van der Waals surface area contributed by atoms with Crippen LogP contribution in [0.4, 0.5) is 10.5 Å². The number of anilines is 1. The first-order valence-corrected chi connectivity index (χ1v) is 10.1. The number of hydrogen-bond acceptors (Lipinski definition) is 4. The molecule has 8 heteroatoms. The van der Waals surface area contributed by atoms with Crippen molar-refractivity contribution in [2.75, 3.05) is 57.8 Å². The second kappa shape index (κ2) is 10.5. The molecule has 0 saturated carbocycles. The molecule has 1 N–H and O–H groups in total. The van der Waals surface area contributed by atoms with Gasteiger partial charge in [-0.25, -0.2) is 4.79 Å². The lowest BCUT2D eigenvalue weighted by molar-refractivity contribution is 0.0147. The van der Waals surface area contributed by atoms with Crippen molar-refractivity contribution < 1.29 is 9.53 Å². The van der Waals surface area contributed by atoms with Gasteiger partial charge in [0.1, 0.15) is 5.60 Å². The van der Waals surface area contributed by atoms with Crippen LogP contribution in [0.5, 0.6) is 0 Å². The average Bonchev–Trinajstić information content (AvgIpc) is 3.08. The number of fused-ring (bicyclic) bond motifs is 1. The fourth-order valence-electron chi connectivity index (χ4n) is 3.66. The maximum Gasteiger partial charge on any atom is 0.410 e. The molecule has 0 aromatic heterocycles. The molecule has 0 atom stereocenters. The van der Waals surface area contributed by atoms with E-state index in [0.717, 1.165) is 45.1 Å². The van der Waals surface area contributed by atoms with Gasteiger partial charge in [0.05, 0.1) is 0 Å². The first-order chi connectivity index (χ1) is 13.4. The fraction of sp³-hybridized carbons (Fsp3) is 0.619. The topological polar surface area (TPSA) is 60.4 Å². The Morgan fingerprint density at radius 2 is 1.83 bits per heavy atom. The largest absolute Gasteiger partial charge is 0.444 e. The van der Waals surface area contributed by atoms with E-state index in [1.165, 1.54) is 11.3 Å². The van der Waals surface area contributed by atoms with Gasteiger partial charge >= 0.3 is 6.09 Å². The number of benzene rings is 1. The molecule has 3 rings (SSSR count). The molecule has 0 bridgehead atoms. The van der Waals surface area contributed by atoms with Crippen molar-refractivity contribution in [2.45, 2.75) is 32.8 Å². The zero-order valence-electron chi connectivity index (χ0n) is 18.0. The molecule has 2 aliphatic heterocycles. The molecule has 2 heterocycles. The monoisotopic (exact) mass is 515 g/mol. The van der Waals surface area contributed by atoms with E-state index in [2.05, 4.69) is 44.4 Å². The summed E-state index contributed by atoms with van der Waals surface area (Å²) in [5.74, 6) is 0.928. The second-order valence-corrected chi connectivity index (χ2v) is 8.31. The van der Waals surface area contributed by atoms with Crippen molar-refractivity contribution in [1.82, 2.24) is 15.1 Å². The van der Waals surface area contributed by atoms with Gasteiger partial charge in [-0.3, -0.25) is 9.89 Å². The smallest absolute Gasteiger partial charge is 0.410 e. The first kappa shape index (κ1) is 23.7. The van der Waals surface area contributed by atoms with Crippen molar-refractivity contribution >= 4 is 41.7 Å². The molecule has 7 nitrogen and oxygen atoms in total. The number of amides is 1. The van der Waals surface area contributed by atoms with Crippen molar-refractivity contribution in [1.29, 1.82) is 0 Å². The molecule has 162 valence electrons. The van der Waals surface area contributed by atoms with Crippen LogP contribution in [-0.2, 0) is 11.2 Å². The number of piperazine rings is 1. The van der Waals surface area contributed by atoms with E-state index in [1.54, 1.807) is 4.90 Å². The number of hydrogen-bond donors (Lipinski definition) is 1. The van der Waals surface area contributed by atoms with E-state index in [1.807, 2.05) is 27.8 Å². The standard InChI is InChI=1S/C21H33N5O2.HI/c1-21(2,3)28-20(27)25-15-13-24(14-16-25)12-10-23-19(22-4)26-11-9-17-7-5-6-8-18(17)26;/h5-8H,9-16H2,1-4H3,(H,22,23);1H. The number of nitrogens with one attached hydrogen (secondary N) is 1. The van der Waals surface area contributed by atoms with Crippen LogP contribution in [0.1, 0.15) is 26.3 Å². The number of ether oxygens (including phenoxy) is 1. The molecule has 0 aliphatic carbocycles. The van der Waals surface area contributed by atoms with Crippen LogP contribution in [0.15, 0.2) is 29.3 Å². The van der Waals surface area contributed by atoms with Gasteiger partial charge in [-0.2, -0.15) is 0 Å². The molecule has 0 unspecified atom stereocenters. The molecule has 1 fully saturated rings. The summed E-state index contributed by atoms with van der Waals surface area (Å²) in [5.41, 5.74) is 2.19. The Morgan fingerprint density at radius 3 is 2.48 bits per heavy atom. The zero-order chi connectivity index (χ0) is 20.1. The zero-order valence-corrected chi connectivity index (χ0v) is 20.3. The summed E-state index contributed by atoms with van der Waals surface area (Å²) in [6, 6.07) is 8.52. The number of nitrogens with zero attached hydrogens (tertiary/aromatic N) is 4. The number of rotatable bonds is 3. The quantitative estimate of drug-likeness (QED) is 0.381. The summed E-state index contributed by atoms with van der Waals surface area (Å²) in [5, 5.41) is 3.49. The highest BCUT2D eigenvalue weighted by Gasteiger charge is 2.26. The molecule has 0 spiro atoms.